The predicted molar refractivity (Wildman–Crippen MR) is 211 cm³/mol. The maximum atomic E-state index is 13.6. The van der Waals surface area contributed by atoms with Crippen molar-refractivity contribution in [2.45, 2.75) is 126 Å². The normalized spacial score (nSPS) is 29.9. The highest BCUT2D eigenvalue weighted by Crippen LogP contribution is 2.56. The van der Waals surface area contributed by atoms with Crippen LogP contribution in [-0.4, -0.2) is 34.6 Å². The summed E-state index contributed by atoms with van der Waals surface area (Å²) in [6.45, 7) is 0. The lowest BCUT2D eigenvalue weighted by Crippen LogP contribution is -2.30. The number of hydrogen-bond donors (Lipinski definition) is 0. The second kappa shape index (κ2) is 11.8. The molecule has 1 aromatic heterocycles. The Labute approximate surface area is 314 Å². The molecule has 4 atom stereocenters. The molecule has 6 saturated carbocycles. The fourth-order valence-electron chi connectivity index (χ4n) is 12.4. The van der Waals surface area contributed by atoms with Crippen molar-refractivity contribution < 1.29 is 19.2 Å². The number of Topliss-reactive ketones (excluding diaryl/α,β-unsaturated/α-hetero) is 4. The minimum atomic E-state index is -0.277. The molecule has 3 aromatic rings. The number of carbonyl (C=O) groups is 4. The van der Waals surface area contributed by atoms with E-state index in [0.29, 0.717) is 0 Å². The van der Waals surface area contributed by atoms with Crippen LogP contribution in [0.4, 0.5) is 0 Å². The Bertz CT molecular complexity index is 2110. The highest BCUT2D eigenvalue weighted by atomic mass is 32.1. The van der Waals surface area contributed by atoms with Crippen molar-refractivity contribution in [2.24, 2.45) is 33.7 Å². The molecule has 0 aliphatic heterocycles. The summed E-state index contributed by atoms with van der Waals surface area (Å²) in [6.07, 6.45) is 22.5. The van der Waals surface area contributed by atoms with E-state index < -0.39 is 0 Å². The number of rotatable bonds is 2. The first kappa shape index (κ1) is 32.6. The molecular formula is C46H46N2O4S. The summed E-state index contributed by atoms with van der Waals surface area (Å²) in [5, 5.41) is 2.52. The number of fused-ring (bicyclic) bond motifs is 9. The molecule has 0 amide bonds. The molecule has 2 spiro atoms. The van der Waals surface area contributed by atoms with E-state index in [1.54, 1.807) is 0 Å². The van der Waals surface area contributed by atoms with Crippen molar-refractivity contribution in [1.29, 1.82) is 0 Å². The van der Waals surface area contributed by atoms with Gasteiger partial charge in [-0.15, -0.1) is 11.3 Å². The number of thiophene rings is 1. The lowest BCUT2D eigenvalue weighted by Gasteiger charge is -2.36. The van der Waals surface area contributed by atoms with Gasteiger partial charge < -0.3 is 0 Å². The van der Waals surface area contributed by atoms with Crippen LogP contribution < -0.4 is 0 Å². The summed E-state index contributed by atoms with van der Waals surface area (Å²) in [5.74, 6) is -0.739. The Morgan fingerprint density at radius 2 is 0.830 bits per heavy atom. The number of allylic oxidation sites excluding steroid dienone is 2. The van der Waals surface area contributed by atoms with Crippen molar-refractivity contribution in [3.05, 3.63) is 57.9 Å². The molecule has 2 aromatic carbocycles. The standard InChI is InChI=1S/C46H46N2O4S/c49-41-27-11-3-4-12-28(27)42(50)39(41)47-37-21-25-19-35-31(23-33(25)45(37)15-7-1-8-16-45)32-24-34-26(20-36(32)53-35)22-38(46(34)17-9-2-10-18-46)48-40-43(51)29-13-5-6-14-30(29)44(40)52/h19-24,27-30H,1-18H2. The average Bonchev–Trinajstić information content (AvgIpc) is 3.91. The summed E-state index contributed by atoms with van der Waals surface area (Å²) in [5.41, 5.74) is 6.71. The van der Waals surface area contributed by atoms with Crippen LogP contribution in [0.15, 0.2) is 45.6 Å². The van der Waals surface area contributed by atoms with E-state index in [-0.39, 0.29) is 69.1 Å². The lowest BCUT2D eigenvalue weighted by atomic mass is 9.68. The summed E-state index contributed by atoms with van der Waals surface area (Å²) in [6, 6.07) is 9.53. The van der Waals surface area contributed by atoms with Crippen molar-refractivity contribution in [3.63, 3.8) is 0 Å². The van der Waals surface area contributed by atoms with E-state index in [9.17, 15) is 19.2 Å². The van der Waals surface area contributed by atoms with Crippen molar-refractivity contribution >= 4 is 78.2 Å². The fraction of sp³-hybridized carbons (Fsp3) is 0.522. The van der Waals surface area contributed by atoms with Gasteiger partial charge in [-0.1, -0.05) is 64.2 Å². The van der Waals surface area contributed by atoms with Gasteiger partial charge in [-0.2, -0.15) is 0 Å². The number of benzene rings is 2. The fourth-order valence-corrected chi connectivity index (χ4v) is 13.5. The second-order valence-corrected chi connectivity index (χ2v) is 18.8. The number of hydrogen-bond acceptors (Lipinski definition) is 7. The molecule has 6 nitrogen and oxygen atoms in total. The zero-order chi connectivity index (χ0) is 35.6. The Kier molecular flexibility index (Phi) is 7.27. The van der Waals surface area contributed by atoms with Gasteiger partial charge in [-0.3, -0.25) is 19.2 Å². The van der Waals surface area contributed by atoms with Crippen LogP contribution in [0, 0.1) is 23.7 Å². The minimum absolute atomic E-state index is 0.0156. The molecule has 0 radical (unpaired) electrons. The Balaban J connectivity index is 1.02. The zero-order valence-corrected chi connectivity index (χ0v) is 31.3. The molecule has 270 valence electrons. The molecular weight excluding hydrogens is 677 g/mol. The van der Waals surface area contributed by atoms with Crippen LogP contribution >= 0.6 is 11.3 Å². The first-order valence-corrected chi connectivity index (χ1v) is 21.5. The highest BCUT2D eigenvalue weighted by Gasteiger charge is 2.51. The van der Waals surface area contributed by atoms with Crippen molar-refractivity contribution in [1.82, 2.24) is 0 Å². The molecule has 0 bridgehead atoms. The van der Waals surface area contributed by atoms with E-state index >= 15 is 0 Å². The van der Waals surface area contributed by atoms with Gasteiger partial charge in [0.2, 0.25) is 0 Å². The Morgan fingerprint density at radius 1 is 0.472 bits per heavy atom. The topological polar surface area (TPSA) is 93.0 Å². The van der Waals surface area contributed by atoms with Gasteiger partial charge in [-0.25, -0.2) is 9.98 Å². The summed E-state index contributed by atoms with van der Waals surface area (Å²) in [4.78, 5) is 64.5. The summed E-state index contributed by atoms with van der Waals surface area (Å²) >= 11 is 1.81. The molecule has 11 rings (SSSR count). The van der Waals surface area contributed by atoms with E-state index in [4.69, 9.17) is 9.98 Å². The first-order chi connectivity index (χ1) is 25.9. The average molecular weight is 723 g/mol. The van der Waals surface area contributed by atoms with Gasteiger partial charge in [0.25, 0.3) is 0 Å². The number of carbonyl (C=O) groups excluding carboxylic acids is 4. The zero-order valence-electron chi connectivity index (χ0n) is 30.4. The van der Waals surface area contributed by atoms with E-state index in [0.717, 1.165) is 114 Å². The Morgan fingerprint density at radius 3 is 1.19 bits per heavy atom. The van der Waals surface area contributed by atoms with Crippen LogP contribution in [0.5, 0.6) is 0 Å². The Hall–Kier alpha value is -3.84. The van der Waals surface area contributed by atoms with E-state index in [1.165, 1.54) is 55.3 Å². The molecule has 8 aliphatic rings. The number of ketones is 4. The lowest BCUT2D eigenvalue weighted by molar-refractivity contribution is -0.120. The van der Waals surface area contributed by atoms with Gasteiger partial charge in [0.15, 0.2) is 23.1 Å². The first-order valence-electron chi connectivity index (χ1n) is 20.7. The van der Waals surface area contributed by atoms with Crippen LogP contribution in [0.3, 0.4) is 0 Å². The molecule has 8 aliphatic carbocycles. The minimum Gasteiger partial charge on any atom is -0.292 e. The smallest absolute Gasteiger partial charge is 0.188 e. The largest absolute Gasteiger partial charge is 0.292 e. The molecule has 4 unspecified atom stereocenters. The van der Waals surface area contributed by atoms with Crippen LogP contribution in [0.1, 0.15) is 138 Å². The molecule has 6 fully saturated rings. The van der Waals surface area contributed by atoms with Gasteiger partial charge in [-0.05, 0) is 110 Å². The summed E-state index contributed by atoms with van der Waals surface area (Å²) < 4.78 is 2.48. The molecule has 7 heteroatoms. The van der Waals surface area contributed by atoms with Gasteiger partial charge >= 0.3 is 0 Å². The number of nitrogens with zero attached hydrogens (tertiary/aromatic N) is 2. The van der Waals surface area contributed by atoms with Crippen LogP contribution in [0.25, 0.3) is 32.3 Å². The van der Waals surface area contributed by atoms with Crippen LogP contribution in [0.2, 0.25) is 0 Å². The third-order valence-corrected chi connectivity index (χ3v) is 16.2. The van der Waals surface area contributed by atoms with E-state index in [1.807, 2.05) is 11.3 Å². The number of aliphatic imine (C=N–C) groups is 2. The molecule has 0 saturated heterocycles. The molecule has 1 heterocycles. The molecule has 0 N–H and O–H groups in total. The van der Waals surface area contributed by atoms with Gasteiger partial charge in [0.1, 0.15) is 11.4 Å². The summed E-state index contributed by atoms with van der Waals surface area (Å²) in [7, 11) is 0. The van der Waals surface area contributed by atoms with Gasteiger partial charge in [0.05, 0.1) is 11.4 Å². The third kappa shape index (κ3) is 4.55. The quantitative estimate of drug-likeness (QED) is 0.263. The van der Waals surface area contributed by atoms with E-state index in [2.05, 4.69) is 36.4 Å². The van der Waals surface area contributed by atoms with Crippen LogP contribution in [-0.2, 0) is 30.0 Å². The molecule has 53 heavy (non-hydrogen) atoms. The highest BCUT2D eigenvalue weighted by molar-refractivity contribution is 7.25. The maximum Gasteiger partial charge on any atom is 0.188 e. The van der Waals surface area contributed by atoms with Crippen molar-refractivity contribution in [3.8, 4) is 0 Å². The van der Waals surface area contributed by atoms with Gasteiger partial charge in [0, 0.05) is 54.7 Å². The maximum absolute atomic E-state index is 13.6. The monoisotopic (exact) mass is 722 g/mol. The van der Waals surface area contributed by atoms with Crippen molar-refractivity contribution in [2.75, 3.05) is 0 Å². The second-order valence-electron chi connectivity index (χ2n) is 17.7. The third-order valence-electron chi connectivity index (χ3n) is 15.1. The SMILES string of the molecule is O=C1C(=NC2=Cc3cc4sc5cc6c(cc5c4cc3C23CCCCC3)C2(CCCCC2)C(N=C2C(=O)C3CCCCC3C2=O)=C6)C(=O)C2CCCCC12. The predicted octanol–water partition coefficient (Wildman–Crippen LogP) is 9.97.